The Balaban J connectivity index is 2.45. The summed E-state index contributed by atoms with van der Waals surface area (Å²) in [5.41, 5.74) is 1.10. The fourth-order valence-electron chi connectivity index (χ4n) is 2.29. The van der Waals surface area contributed by atoms with Crippen molar-refractivity contribution in [2.24, 2.45) is 0 Å². The molecule has 0 aromatic carbocycles. The number of nitrogens with zero attached hydrogens (tertiary/aromatic N) is 2. The van der Waals surface area contributed by atoms with Crippen LogP contribution in [-0.2, 0) is 0 Å². The van der Waals surface area contributed by atoms with E-state index >= 15 is 0 Å². The summed E-state index contributed by atoms with van der Waals surface area (Å²) < 4.78 is 5.77. The topological polar surface area (TPSA) is 37.4 Å². The first-order valence-corrected chi connectivity index (χ1v) is 8.29. The molecule has 21 heavy (non-hydrogen) atoms. The van der Waals surface area contributed by atoms with Crippen LogP contribution in [0.2, 0.25) is 0 Å². The second-order valence-electron chi connectivity index (χ2n) is 5.21. The standard InChI is InChI=1S/C17H31N3O/c1-5-11-18-16(6-2)17-10-9-15(14-19-17)21-13-12-20(7-3)8-4/h9-10,14,16,18H,5-8,11-13H2,1-4H3. The van der Waals surface area contributed by atoms with E-state index in [9.17, 15) is 0 Å². The Labute approximate surface area is 129 Å². The van der Waals surface area contributed by atoms with E-state index < -0.39 is 0 Å². The van der Waals surface area contributed by atoms with E-state index in [0.29, 0.717) is 12.6 Å². The Morgan fingerprint density at radius 1 is 1.19 bits per heavy atom. The zero-order valence-electron chi connectivity index (χ0n) is 14.1. The van der Waals surface area contributed by atoms with Gasteiger partial charge in [-0.2, -0.15) is 0 Å². The minimum Gasteiger partial charge on any atom is -0.491 e. The molecular formula is C17H31N3O. The predicted molar refractivity (Wildman–Crippen MR) is 88.8 cm³/mol. The van der Waals surface area contributed by atoms with Crippen molar-refractivity contribution in [2.45, 2.75) is 46.6 Å². The normalized spacial score (nSPS) is 12.6. The highest BCUT2D eigenvalue weighted by molar-refractivity contribution is 5.21. The van der Waals surface area contributed by atoms with Crippen LogP contribution in [0.15, 0.2) is 18.3 Å². The molecule has 1 atom stereocenters. The maximum atomic E-state index is 5.77. The maximum absolute atomic E-state index is 5.77. The number of ether oxygens (including phenoxy) is 1. The third-order valence-corrected chi connectivity index (χ3v) is 3.74. The first kappa shape index (κ1) is 17.9. The number of nitrogens with one attached hydrogen (secondary N) is 1. The van der Waals surface area contributed by atoms with Gasteiger partial charge in [-0.25, -0.2) is 0 Å². The Hall–Kier alpha value is -1.13. The Morgan fingerprint density at radius 2 is 1.95 bits per heavy atom. The van der Waals surface area contributed by atoms with E-state index in [2.05, 4.69) is 49.0 Å². The lowest BCUT2D eigenvalue weighted by molar-refractivity contribution is 0.222. The molecule has 1 aromatic heterocycles. The van der Waals surface area contributed by atoms with Crippen LogP contribution < -0.4 is 10.1 Å². The largest absolute Gasteiger partial charge is 0.491 e. The third kappa shape index (κ3) is 6.44. The summed E-state index contributed by atoms with van der Waals surface area (Å²) in [6, 6.07) is 4.44. The van der Waals surface area contributed by atoms with E-state index in [4.69, 9.17) is 4.74 Å². The molecule has 120 valence electrons. The van der Waals surface area contributed by atoms with Crippen molar-refractivity contribution in [1.29, 1.82) is 0 Å². The minimum atomic E-state index is 0.342. The molecule has 0 saturated carbocycles. The van der Waals surface area contributed by atoms with Gasteiger partial charge < -0.3 is 15.0 Å². The Kier molecular flexibility index (Phi) is 9.02. The average molecular weight is 293 g/mol. The van der Waals surface area contributed by atoms with Crippen LogP contribution in [-0.4, -0.2) is 42.7 Å². The second-order valence-corrected chi connectivity index (χ2v) is 5.21. The van der Waals surface area contributed by atoms with Crippen LogP contribution in [0.5, 0.6) is 5.75 Å². The Bertz CT molecular complexity index is 363. The van der Waals surface area contributed by atoms with Gasteiger partial charge >= 0.3 is 0 Å². The monoisotopic (exact) mass is 293 g/mol. The van der Waals surface area contributed by atoms with Gasteiger partial charge in [0, 0.05) is 12.6 Å². The third-order valence-electron chi connectivity index (χ3n) is 3.74. The molecule has 4 heteroatoms. The van der Waals surface area contributed by atoms with Crippen molar-refractivity contribution in [1.82, 2.24) is 15.2 Å². The summed E-state index contributed by atoms with van der Waals surface area (Å²) in [4.78, 5) is 6.89. The fourth-order valence-corrected chi connectivity index (χ4v) is 2.29. The summed E-state index contributed by atoms with van der Waals surface area (Å²) in [5, 5.41) is 3.52. The van der Waals surface area contributed by atoms with Gasteiger partial charge in [-0.15, -0.1) is 0 Å². The molecule has 0 spiro atoms. The molecule has 1 unspecified atom stereocenters. The number of rotatable bonds is 11. The number of likely N-dealkylation sites (N-methyl/N-ethyl adjacent to an activating group) is 1. The lowest BCUT2D eigenvalue weighted by atomic mass is 10.1. The molecule has 4 nitrogen and oxygen atoms in total. The van der Waals surface area contributed by atoms with Crippen LogP contribution >= 0.6 is 0 Å². The zero-order valence-corrected chi connectivity index (χ0v) is 14.1. The predicted octanol–water partition coefficient (Wildman–Crippen LogP) is 3.25. The molecule has 0 aliphatic rings. The zero-order chi connectivity index (χ0) is 15.5. The molecule has 1 N–H and O–H groups in total. The van der Waals surface area contributed by atoms with Crippen molar-refractivity contribution in [3.05, 3.63) is 24.0 Å². The van der Waals surface area contributed by atoms with Crippen LogP contribution in [0, 0.1) is 0 Å². The fraction of sp³-hybridized carbons (Fsp3) is 0.706. The summed E-state index contributed by atoms with van der Waals surface area (Å²) in [6.45, 7) is 13.6. The van der Waals surface area contributed by atoms with Crippen LogP contribution in [0.25, 0.3) is 0 Å². The highest BCUT2D eigenvalue weighted by Crippen LogP contribution is 2.17. The minimum absolute atomic E-state index is 0.342. The summed E-state index contributed by atoms with van der Waals surface area (Å²) in [5.74, 6) is 0.858. The van der Waals surface area contributed by atoms with Crippen molar-refractivity contribution < 1.29 is 4.74 Å². The van der Waals surface area contributed by atoms with Gasteiger partial charge in [-0.05, 0) is 44.6 Å². The number of hydrogen-bond acceptors (Lipinski definition) is 4. The summed E-state index contributed by atoms with van der Waals surface area (Å²) >= 11 is 0. The number of hydrogen-bond donors (Lipinski definition) is 1. The van der Waals surface area contributed by atoms with Gasteiger partial charge in [0.15, 0.2) is 0 Å². The van der Waals surface area contributed by atoms with Gasteiger partial charge in [0.05, 0.1) is 11.9 Å². The molecule has 0 bridgehead atoms. The molecule has 0 amide bonds. The van der Waals surface area contributed by atoms with Crippen molar-refractivity contribution >= 4 is 0 Å². The molecule has 1 rings (SSSR count). The maximum Gasteiger partial charge on any atom is 0.137 e. The van der Waals surface area contributed by atoms with E-state index in [1.54, 1.807) is 0 Å². The quantitative estimate of drug-likeness (QED) is 0.679. The molecule has 0 radical (unpaired) electrons. The van der Waals surface area contributed by atoms with Gasteiger partial charge in [0.25, 0.3) is 0 Å². The molecular weight excluding hydrogens is 262 g/mol. The lowest BCUT2D eigenvalue weighted by Crippen LogP contribution is -2.28. The van der Waals surface area contributed by atoms with Crippen molar-refractivity contribution in [3.8, 4) is 5.75 Å². The van der Waals surface area contributed by atoms with E-state index in [1.807, 2.05) is 12.3 Å². The smallest absolute Gasteiger partial charge is 0.137 e. The summed E-state index contributed by atoms with van der Waals surface area (Å²) in [6.07, 6.45) is 4.03. The van der Waals surface area contributed by atoms with Gasteiger partial charge in [-0.3, -0.25) is 4.98 Å². The molecule has 1 heterocycles. The van der Waals surface area contributed by atoms with Crippen LogP contribution in [0.1, 0.15) is 52.3 Å². The van der Waals surface area contributed by atoms with E-state index in [-0.39, 0.29) is 0 Å². The highest BCUT2D eigenvalue weighted by Gasteiger charge is 2.09. The molecule has 1 aromatic rings. The Morgan fingerprint density at radius 3 is 2.48 bits per heavy atom. The van der Waals surface area contributed by atoms with E-state index in [1.165, 1.54) is 0 Å². The number of aromatic nitrogens is 1. The highest BCUT2D eigenvalue weighted by atomic mass is 16.5. The van der Waals surface area contributed by atoms with Gasteiger partial charge in [0.1, 0.15) is 12.4 Å². The SMILES string of the molecule is CCCNC(CC)c1ccc(OCCN(CC)CC)cn1. The van der Waals surface area contributed by atoms with Gasteiger partial charge in [0.2, 0.25) is 0 Å². The second kappa shape index (κ2) is 10.6. The first-order valence-electron chi connectivity index (χ1n) is 8.29. The first-order chi connectivity index (χ1) is 10.2. The van der Waals surface area contributed by atoms with Crippen molar-refractivity contribution in [3.63, 3.8) is 0 Å². The van der Waals surface area contributed by atoms with Crippen molar-refractivity contribution in [2.75, 3.05) is 32.8 Å². The van der Waals surface area contributed by atoms with E-state index in [0.717, 1.165) is 50.5 Å². The van der Waals surface area contributed by atoms with Crippen LogP contribution in [0.3, 0.4) is 0 Å². The molecule has 0 aliphatic heterocycles. The molecule has 0 fully saturated rings. The van der Waals surface area contributed by atoms with Crippen LogP contribution in [0.4, 0.5) is 0 Å². The summed E-state index contributed by atoms with van der Waals surface area (Å²) in [7, 11) is 0. The van der Waals surface area contributed by atoms with Gasteiger partial charge in [-0.1, -0.05) is 27.7 Å². The molecule has 0 saturated heterocycles. The molecule has 0 aliphatic carbocycles. The number of pyridine rings is 1. The lowest BCUT2D eigenvalue weighted by Gasteiger charge is -2.18. The average Bonchev–Trinajstić information content (AvgIpc) is 2.53.